The maximum Gasteiger partial charge on any atom is 0.387 e. The minimum Gasteiger partial charge on any atom is -0.490 e. The second-order valence-electron chi connectivity index (χ2n) is 13.8. The third-order valence-electron chi connectivity index (χ3n) is 10.2. The van der Waals surface area contributed by atoms with Crippen molar-refractivity contribution in [3.05, 3.63) is 76.1 Å². The number of aryl methyl sites for hydroxylation is 1. The summed E-state index contributed by atoms with van der Waals surface area (Å²) in [5.41, 5.74) is 2.59. The van der Waals surface area contributed by atoms with Gasteiger partial charge in [-0.05, 0) is 74.4 Å². The molecule has 3 aliphatic rings. The number of benzene rings is 2. The van der Waals surface area contributed by atoms with E-state index in [-0.39, 0.29) is 47.1 Å². The number of alkyl halides is 2. The standard InChI is InChI=1S/C39H42ClF2N5O7/c1-23-21-43-22-27(40)34(23)45-35(49)25-11-13-30(54-39(41)42)31(20-25)53-19-6-4-2-3-5-8-24-15-17-46(18-16-24)28-10-7-9-26-33(28)38(52)47(37(26)51)29-12-14-32(48)44-36(29)50/h7,9-11,13,20-22,24,29,39H,2-6,8,12,14-19H2,1H3,(H,43,45,49)(H,44,48,50). The number of aromatic nitrogens is 1. The van der Waals surface area contributed by atoms with E-state index in [2.05, 4.69) is 25.3 Å². The molecule has 0 spiro atoms. The van der Waals surface area contributed by atoms with E-state index in [0.29, 0.717) is 34.8 Å². The first-order valence-electron chi connectivity index (χ1n) is 18.2. The lowest BCUT2D eigenvalue weighted by molar-refractivity contribution is -0.136. The van der Waals surface area contributed by atoms with Gasteiger partial charge in [-0.3, -0.25) is 39.2 Å². The summed E-state index contributed by atoms with van der Waals surface area (Å²) in [6.07, 6.45) is 10.8. The Kier molecular flexibility index (Phi) is 12.4. The minimum atomic E-state index is -3.05. The summed E-state index contributed by atoms with van der Waals surface area (Å²) in [4.78, 5) is 70.9. The number of piperidine rings is 2. The molecule has 1 atom stereocenters. The second-order valence-corrected chi connectivity index (χ2v) is 14.2. The Labute approximate surface area is 316 Å². The first-order valence-corrected chi connectivity index (χ1v) is 18.6. The molecule has 2 aromatic carbocycles. The number of hydrogen-bond donors (Lipinski definition) is 2. The lowest BCUT2D eigenvalue weighted by atomic mass is 9.90. The molecule has 286 valence electrons. The Balaban J connectivity index is 0.922. The zero-order chi connectivity index (χ0) is 38.4. The molecule has 4 heterocycles. The molecule has 5 amide bonds. The van der Waals surface area contributed by atoms with Crippen molar-refractivity contribution in [3.63, 3.8) is 0 Å². The highest BCUT2D eigenvalue weighted by Crippen LogP contribution is 2.37. The van der Waals surface area contributed by atoms with Crippen LogP contribution in [-0.2, 0) is 9.59 Å². The van der Waals surface area contributed by atoms with Gasteiger partial charge < -0.3 is 19.7 Å². The molecule has 1 unspecified atom stereocenters. The first kappa shape index (κ1) is 38.6. The molecule has 0 radical (unpaired) electrons. The Morgan fingerprint density at radius 3 is 2.48 bits per heavy atom. The van der Waals surface area contributed by atoms with E-state index in [1.54, 1.807) is 25.3 Å². The van der Waals surface area contributed by atoms with E-state index in [1.165, 1.54) is 24.4 Å². The summed E-state index contributed by atoms with van der Waals surface area (Å²) in [7, 11) is 0. The van der Waals surface area contributed by atoms with Gasteiger partial charge >= 0.3 is 6.61 Å². The van der Waals surface area contributed by atoms with Crippen molar-refractivity contribution in [2.45, 2.75) is 83.8 Å². The van der Waals surface area contributed by atoms with Crippen LogP contribution in [0.4, 0.5) is 20.2 Å². The summed E-state index contributed by atoms with van der Waals surface area (Å²) in [5.74, 6) is -2.08. The molecule has 0 aliphatic carbocycles. The van der Waals surface area contributed by atoms with Crippen LogP contribution in [0.5, 0.6) is 11.5 Å². The topological polar surface area (TPSA) is 147 Å². The third kappa shape index (κ3) is 8.81. The predicted molar refractivity (Wildman–Crippen MR) is 196 cm³/mol. The number of carbonyl (C=O) groups excluding carboxylic acids is 5. The average Bonchev–Trinajstić information content (AvgIpc) is 3.40. The number of carbonyl (C=O) groups is 5. The van der Waals surface area contributed by atoms with Crippen LogP contribution in [0.25, 0.3) is 0 Å². The van der Waals surface area contributed by atoms with Crippen molar-refractivity contribution >= 4 is 52.5 Å². The van der Waals surface area contributed by atoms with E-state index in [1.807, 2.05) is 6.07 Å². The molecule has 0 saturated carbocycles. The molecular weight excluding hydrogens is 724 g/mol. The van der Waals surface area contributed by atoms with E-state index in [0.717, 1.165) is 62.9 Å². The van der Waals surface area contributed by atoms with E-state index in [9.17, 15) is 32.8 Å². The lowest BCUT2D eigenvalue weighted by Crippen LogP contribution is -2.54. The first-order chi connectivity index (χ1) is 26.0. The highest BCUT2D eigenvalue weighted by atomic mass is 35.5. The van der Waals surface area contributed by atoms with Crippen LogP contribution in [0, 0.1) is 12.8 Å². The fraction of sp³-hybridized carbons (Fsp3) is 0.436. The SMILES string of the molecule is Cc1cncc(Cl)c1NC(=O)c1ccc(OC(F)F)c(OCCCCCCCC2CCN(c3cccc4c3C(=O)N(C3CCC(=O)NC3=O)C4=O)CC2)c1. The third-order valence-corrected chi connectivity index (χ3v) is 10.5. The van der Waals surface area contributed by atoms with Gasteiger partial charge in [0.2, 0.25) is 11.8 Å². The lowest BCUT2D eigenvalue weighted by Gasteiger charge is -2.34. The molecule has 0 bridgehead atoms. The van der Waals surface area contributed by atoms with Gasteiger partial charge in [0, 0.05) is 37.5 Å². The van der Waals surface area contributed by atoms with Crippen LogP contribution >= 0.6 is 11.6 Å². The molecule has 3 aromatic rings. The summed E-state index contributed by atoms with van der Waals surface area (Å²) < 4.78 is 36.6. The molecule has 2 saturated heterocycles. The highest BCUT2D eigenvalue weighted by molar-refractivity contribution is 6.34. The van der Waals surface area contributed by atoms with Gasteiger partial charge in [-0.25, -0.2) is 0 Å². The van der Waals surface area contributed by atoms with Gasteiger partial charge in [0.1, 0.15) is 6.04 Å². The Morgan fingerprint density at radius 2 is 1.74 bits per heavy atom. The number of unbranched alkanes of at least 4 members (excludes halogenated alkanes) is 4. The number of fused-ring (bicyclic) bond motifs is 1. The molecule has 2 fully saturated rings. The zero-order valence-electron chi connectivity index (χ0n) is 29.9. The zero-order valence-corrected chi connectivity index (χ0v) is 30.6. The van der Waals surface area contributed by atoms with Crippen LogP contribution in [0.2, 0.25) is 5.02 Å². The smallest absolute Gasteiger partial charge is 0.387 e. The Hall–Kier alpha value is -5.11. The number of nitrogens with one attached hydrogen (secondary N) is 2. The molecule has 3 aliphatic heterocycles. The Bertz CT molecular complexity index is 1900. The fourth-order valence-corrected chi connectivity index (χ4v) is 7.55. The largest absolute Gasteiger partial charge is 0.490 e. The highest BCUT2D eigenvalue weighted by Gasteiger charge is 2.46. The molecule has 15 heteroatoms. The second kappa shape index (κ2) is 17.4. The normalized spacial score (nSPS) is 17.5. The van der Waals surface area contributed by atoms with E-state index < -0.39 is 42.2 Å². The minimum absolute atomic E-state index is 0.0508. The number of ether oxygens (including phenoxy) is 2. The van der Waals surface area contributed by atoms with Gasteiger partial charge in [-0.1, -0.05) is 49.8 Å². The van der Waals surface area contributed by atoms with Crippen molar-refractivity contribution in [2.24, 2.45) is 5.92 Å². The number of anilines is 2. The van der Waals surface area contributed by atoms with Crippen molar-refractivity contribution in [3.8, 4) is 11.5 Å². The molecule has 12 nitrogen and oxygen atoms in total. The van der Waals surface area contributed by atoms with Crippen LogP contribution in [0.15, 0.2) is 48.8 Å². The molecule has 2 N–H and O–H groups in total. The van der Waals surface area contributed by atoms with Crippen LogP contribution in [-0.4, -0.2) is 71.8 Å². The quantitative estimate of drug-likeness (QED) is 0.124. The number of halogens is 3. The van der Waals surface area contributed by atoms with Gasteiger partial charge in [0.15, 0.2) is 11.5 Å². The average molecular weight is 766 g/mol. The van der Waals surface area contributed by atoms with Crippen molar-refractivity contribution in [2.75, 3.05) is 29.9 Å². The molecule has 54 heavy (non-hydrogen) atoms. The number of hydrogen-bond acceptors (Lipinski definition) is 9. The number of rotatable bonds is 15. The van der Waals surface area contributed by atoms with Gasteiger partial charge in [-0.15, -0.1) is 0 Å². The predicted octanol–water partition coefficient (Wildman–Crippen LogP) is 6.93. The monoisotopic (exact) mass is 765 g/mol. The number of nitrogens with zero attached hydrogens (tertiary/aromatic N) is 3. The van der Waals surface area contributed by atoms with Crippen LogP contribution in [0.3, 0.4) is 0 Å². The summed E-state index contributed by atoms with van der Waals surface area (Å²) in [5, 5.41) is 5.24. The van der Waals surface area contributed by atoms with Crippen LogP contribution in [0.1, 0.15) is 101 Å². The fourth-order valence-electron chi connectivity index (χ4n) is 7.30. The summed E-state index contributed by atoms with van der Waals surface area (Å²) in [6.45, 7) is 0.456. The summed E-state index contributed by atoms with van der Waals surface area (Å²) >= 11 is 6.18. The van der Waals surface area contributed by atoms with Gasteiger partial charge in [0.25, 0.3) is 17.7 Å². The molecule has 1 aromatic heterocycles. The summed E-state index contributed by atoms with van der Waals surface area (Å²) in [6, 6.07) is 8.27. The molecule has 6 rings (SSSR count). The van der Waals surface area contributed by atoms with E-state index >= 15 is 0 Å². The van der Waals surface area contributed by atoms with E-state index in [4.69, 9.17) is 16.3 Å². The maximum absolute atomic E-state index is 13.5. The number of pyridine rings is 1. The van der Waals surface area contributed by atoms with Crippen molar-refractivity contribution in [1.82, 2.24) is 15.2 Å². The van der Waals surface area contributed by atoms with Gasteiger partial charge in [0.05, 0.1) is 34.1 Å². The number of amides is 5. The maximum atomic E-state index is 13.5. The molecular formula is C39H42ClF2N5O7. The number of imide groups is 2. The van der Waals surface area contributed by atoms with Crippen LogP contribution < -0.4 is 25.0 Å². The van der Waals surface area contributed by atoms with Crippen molar-refractivity contribution in [1.29, 1.82) is 0 Å². The van der Waals surface area contributed by atoms with Crippen molar-refractivity contribution < 1.29 is 42.2 Å². The Morgan fingerprint density at radius 1 is 0.981 bits per heavy atom. The van der Waals surface area contributed by atoms with Gasteiger partial charge in [-0.2, -0.15) is 8.78 Å².